The number of aldehydes is 2. The fourth-order valence-corrected chi connectivity index (χ4v) is 10.1. The zero-order chi connectivity index (χ0) is 24.2. The Bertz CT molecular complexity index is 897. The summed E-state index contributed by atoms with van der Waals surface area (Å²) in [4.78, 5) is 27.8. The number of thiophene rings is 2. The molecule has 2 unspecified atom stereocenters. The smallest absolute Gasteiger partial charge is 0.161 e. The second-order valence-electron chi connectivity index (χ2n) is 9.53. The Morgan fingerprint density at radius 2 is 1.15 bits per heavy atom. The largest absolute Gasteiger partial charge is 0.297 e. The molecule has 1 aliphatic rings. The minimum absolute atomic E-state index is 0.166. The number of fused-ring (bicyclic) bond motifs is 3. The van der Waals surface area contributed by atoms with Crippen LogP contribution in [0.25, 0.3) is 9.75 Å². The molecule has 0 spiro atoms. The van der Waals surface area contributed by atoms with E-state index in [1.165, 1.54) is 59.4 Å². The molecule has 2 atom stereocenters. The summed E-state index contributed by atoms with van der Waals surface area (Å²) < 4.78 is 1.97. The van der Waals surface area contributed by atoms with E-state index in [0.717, 1.165) is 57.0 Å². The minimum Gasteiger partial charge on any atom is -0.297 e. The van der Waals surface area contributed by atoms with Crippen LogP contribution in [0.15, 0.2) is 8.95 Å². The van der Waals surface area contributed by atoms with Gasteiger partial charge in [0.25, 0.3) is 0 Å². The third-order valence-corrected chi connectivity index (χ3v) is 12.1. The fourth-order valence-electron chi connectivity index (χ4n) is 5.67. The number of carbonyl (C=O) groups excluding carboxylic acids is 2. The first-order valence-corrected chi connectivity index (χ1v) is 15.7. The molecule has 0 amide bonds. The van der Waals surface area contributed by atoms with Crippen molar-refractivity contribution in [1.82, 2.24) is 0 Å². The van der Waals surface area contributed by atoms with Gasteiger partial charge in [0.2, 0.25) is 0 Å². The van der Waals surface area contributed by atoms with Crippen molar-refractivity contribution in [1.29, 1.82) is 0 Å². The Balaban J connectivity index is 2.26. The van der Waals surface area contributed by atoms with Crippen LogP contribution in [0, 0.1) is 11.8 Å². The van der Waals surface area contributed by atoms with E-state index in [-0.39, 0.29) is 5.41 Å². The first-order valence-electron chi connectivity index (χ1n) is 12.5. The molecule has 1 aliphatic carbocycles. The highest BCUT2D eigenvalue weighted by atomic mass is 79.9. The molecule has 6 heteroatoms. The van der Waals surface area contributed by atoms with Gasteiger partial charge in [-0.25, -0.2) is 0 Å². The van der Waals surface area contributed by atoms with Gasteiger partial charge in [-0.3, -0.25) is 9.59 Å². The van der Waals surface area contributed by atoms with Gasteiger partial charge in [-0.1, -0.05) is 79.1 Å². The van der Waals surface area contributed by atoms with Crippen LogP contribution in [0.3, 0.4) is 0 Å². The van der Waals surface area contributed by atoms with Gasteiger partial charge in [-0.15, -0.1) is 22.7 Å². The molecule has 2 heterocycles. The molecular weight excluding hydrogens is 580 g/mol. The molecule has 0 aromatic carbocycles. The van der Waals surface area contributed by atoms with E-state index in [9.17, 15) is 9.59 Å². The molecule has 2 aromatic rings. The normalized spacial score (nSPS) is 15.8. The highest BCUT2D eigenvalue weighted by Crippen LogP contribution is 2.65. The van der Waals surface area contributed by atoms with Gasteiger partial charge in [0.15, 0.2) is 12.6 Å². The number of halogens is 2. The lowest BCUT2D eigenvalue weighted by Crippen LogP contribution is -2.32. The Labute approximate surface area is 224 Å². The monoisotopic (exact) mass is 614 g/mol. The zero-order valence-corrected chi connectivity index (χ0v) is 25.1. The first kappa shape index (κ1) is 27.3. The van der Waals surface area contributed by atoms with Crippen molar-refractivity contribution in [2.75, 3.05) is 0 Å². The van der Waals surface area contributed by atoms with Crippen LogP contribution < -0.4 is 0 Å². The molecule has 0 N–H and O–H groups in total. The van der Waals surface area contributed by atoms with Gasteiger partial charge in [-0.2, -0.15) is 0 Å². The highest BCUT2D eigenvalue weighted by Gasteiger charge is 2.51. The van der Waals surface area contributed by atoms with Crippen LogP contribution in [0.1, 0.15) is 122 Å². The first-order chi connectivity index (χ1) is 15.9. The molecule has 2 aromatic heterocycles. The van der Waals surface area contributed by atoms with E-state index in [4.69, 9.17) is 0 Å². The summed E-state index contributed by atoms with van der Waals surface area (Å²) in [5, 5.41) is 0. The van der Waals surface area contributed by atoms with Gasteiger partial charge in [-0.05, 0) is 67.7 Å². The number of unbranched alkanes of at least 4 members (excludes halogenated alkanes) is 2. The lowest BCUT2D eigenvalue weighted by atomic mass is 9.65. The van der Waals surface area contributed by atoms with Crippen molar-refractivity contribution in [3.8, 4) is 9.75 Å². The second-order valence-corrected chi connectivity index (χ2v) is 13.2. The third kappa shape index (κ3) is 5.15. The molecular formula is C27H36Br2O2S2. The standard InChI is InChI=1S/C27H36Br2O2S2/c1-5-9-11-17(7-3)13-27(14-18(8-4)12-10-6-2)21-23(28)19(15-30)32-25(21)26-22(27)24(29)20(16-31)33-26/h15-18H,5-14H2,1-4H3. The second kappa shape index (κ2) is 12.1. The lowest BCUT2D eigenvalue weighted by molar-refractivity contribution is 0.111. The van der Waals surface area contributed by atoms with Gasteiger partial charge in [0, 0.05) is 14.4 Å². The Morgan fingerprint density at radius 1 is 0.758 bits per heavy atom. The summed E-state index contributed by atoms with van der Waals surface area (Å²) in [6.45, 7) is 9.17. The maximum absolute atomic E-state index is 11.9. The van der Waals surface area contributed by atoms with E-state index in [1.54, 1.807) is 22.7 Å². The van der Waals surface area contributed by atoms with Crippen LogP contribution in [-0.4, -0.2) is 12.6 Å². The summed E-state index contributed by atoms with van der Waals surface area (Å²) in [5.41, 5.74) is 2.47. The molecule has 0 saturated heterocycles. The number of rotatable bonds is 14. The highest BCUT2D eigenvalue weighted by molar-refractivity contribution is 9.11. The Hall–Kier alpha value is -0.300. The van der Waals surface area contributed by atoms with Gasteiger partial charge in [0.05, 0.1) is 19.5 Å². The van der Waals surface area contributed by atoms with Crippen molar-refractivity contribution in [3.63, 3.8) is 0 Å². The maximum atomic E-state index is 11.9. The summed E-state index contributed by atoms with van der Waals surface area (Å²) in [7, 11) is 0. The van der Waals surface area contributed by atoms with Gasteiger partial charge < -0.3 is 0 Å². The number of hydrogen-bond donors (Lipinski definition) is 0. The van der Waals surface area contributed by atoms with Crippen molar-refractivity contribution in [2.45, 2.75) is 97.3 Å². The van der Waals surface area contributed by atoms with Crippen LogP contribution >= 0.6 is 54.5 Å². The summed E-state index contributed by atoms with van der Waals surface area (Å²) in [6, 6.07) is 0. The quantitative estimate of drug-likeness (QED) is 0.198. The minimum atomic E-state index is -0.166. The van der Waals surface area contributed by atoms with E-state index in [1.807, 2.05) is 0 Å². The summed E-state index contributed by atoms with van der Waals surface area (Å²) in [5.74, 6) is 1.23. The molecule has 2 nitrogen and oxygen atoms in total. The van der Waals surface area contributed by atoms with Crippen LogP contribution in [0.2, 0.25) is 0 Å². The van der Waals surface area contributed by atoms with Crippen molar-refractivity contribution in [2.24, 2.45) is 11.8 Å². The third-order valence-electron chi connectivity index (χ3n) is 7.49. The molecule has 0 bridgehead atoms. The maximum Gasteiger partial charge on any atom is 0.161 e. The van der Waals surface area contributed by atoms with Crippen molar-refractivity contribution < 1.29 is 9.59 Å². The van der Waals surface area contributed by atoms with Crippen LogP contribution in [-0.2, 0) is 5.41 Å². The van der Waals surface area contributed by atoms with E-state index in [0.29, 0.717) is 11.8 Å². The number of hydrogen-bond acceptors (Lipinski definition) is 4. The molecule has 33 heavy (non-hydrogen) atoms. The van der Waals surface area contributed by atoms with E-state index in [2.05, 4.69) is 59.6 Å². The van der Waals surface area contributed by atoms with Crippen LogP contribution in [0.4, 0.5) is 0 Å². The van der Waals surface area contributed by atoms with Crippen LogP contribution in [0.5, 0.6) is 0 Å². The molecule has 3 rings (SSSR count). The predicted molar refractivity (Wildman–Crippen MR) is 150 cm³/mol. The topological polar surface area (TPSA) is 34.1 Å². The summed E-state index contributed by atoms with van der Waals surface area (Å²) in [6.07, 6.45) is 13.8. The Kier molecular flexibility index (Phi) is 10.0. The molecule has 0 radical (unpaired) electrons. The van der Waals surface area contributed by atoms with Gasteiger partial charge in [0.1, 0.15) is 0 Å². The summed E-state index contributed by atoms with van der Waals surface area (Å²) >= 11 is 10.9. The van der Waals surface area contributed by atoms with Crippen molar-refractivity contribution in [3.05, 3.63) is 29.8 Å². The number of carbonyl (C=O) groups is 2. The lowest BCUT2D eigenvalue weighted by Gasteiger charge is -2.38. The van der Waals surface area contributed by atoms with Crippen molar-refractivity contribution >= 4 is 67.1 Å². The average Bonchev–Trinajstić information content (AvgIpc) is 3.42. The van der Waals surface area contributed by atoms with Gasteiger partial charge >= 0.3 is 0 Å². The SMILES string of the molecule is CCCCC(CC)CC1(CC(CC)CCCC)c2c(sc(C=O)c2Br)-c2sc(C=O)c(Br)c21. The average molecular weight is 617 g/mol. The van der Waals surface area contributed by atoms with E-state index < -0.39 is 0 Å². The Morgan fingerprint density at radius 3 is 1.45 bits per heavy atom. The molecule has 0 fully saturated rings. The molecule has 0 aliphatic heterocycles. The zero-order valence-electron chi connectivity index (χ0n) is 20.3. The predicted octanol–water partition coefficient (Wildman–Crippen LogP) is 10.4. The fraction of sp³-hybridized carbons (Fsp3) is 0.630. The molecule has 182 valence electrons. The van der Waals surface area contributed by atoms with E-state index >= 15 is 0 Å². The molecule has 0 saturated carbocycles.